The van der Waals surface area contributed by atoms with E-state index in [1.807, 2.05) is 65.4 Å². The molecule has 0 atom stereocenters. The summed E-state index contributed by atoms with van der Waals surface area (Å²) in [4.78, 5) is 16.7. The van der Waals surface area contributed by atoms with Crippen LogP contribution in [0.5, 0.6) is 0 Å². The van der Waals surface area contributed by atoms with Crippen molar-refractivity contribution < 1.29 is 9.53 Å². The number of methoxy groups -OCH3 is 1. The van der Waals surface area contributed by atoms with E-state index < -0.39 is 0 Å². The maximum absolute atomic E-state index is 11.8. The smallest absolute Gasteiger partial charge is 0.337 e. The Balaban J connectivity index is 1.45. The van der Waals surface area contributed by atoms with Crippen molar-refractivity contribution in [2.75, 3.05) is 12.8 Å². The molecule has 1 aromatic heterocycles. The van der Waals surface area contributed by atoms with Crippen LogP contribution in [0.2, 0.25) is 10.0 Å². The number of carbonyl (C=O) groups is 1. The summed E-state index contributed by atoms with van der Waals surface area (Å²) in [5, 5.41) is 1.10. The average Bonchev–Trinajstić information content (AvgIpc) is 3.34. The lowest BCUT2D eigenvalue weighted by molar-refractivity contribution is 0.0600. The highest BCUT2D eigenvalue weighted by atomic mass is 35.5. The third-order valence-corrected chi connectivity index (χ3v) is 6.85. The molecule has 0 radical (unpaired) electrons. The zero-order chi connectivity index (χ0) is 27.4. The van der Waals surface area contributed by atoms with Gasteiger partial charge in [0.2, 0.25) is 0 Å². The summed E-state index contributed by atoms with van der Waals surface area (Å²) >= 11 is 12.6. The monoisotopic (exact) mass is 553 g/mol. The number of ether oxygens (including phenoxy) is 1. The Morgan fingerprint density at radius 3 is 2.38 bits per heavy atom. The first-order chi connectivity index (χ1) is 18.9. The molecule has 0 spiro atoms. The predicted octanol–water partition coefficient (Wildman–Crippen LogP) is 8.11. The van der Waals surface area contributed by atoms with E-state index in [0.717, 1.165) is 45.0 Å². The first-order valence-electron chi connectivity index (χ1n) is 12.2. The largest absolute Gasteiger partial charge is 0.465 e. The van der Waals surface area contributed by atoms with Crippen LogP contribution in [0.1, 0.15) is 27.3 Å². The van der Waals surface area contributed by atoms with Gasteiger partial charge in [0, 0.05) is 29.0 Å². The highest BCUT2D eigenvalue weighted by molar-refractivity contribution is 6.36. The molecule has 0 aliphatic heterocycles. The third kappa shape index (κ3) is 6.23. The van der Waals surface area contributed by atoms with E-state index in [1.165, 1.54) is 7.11 Å². The zero-order valence-electron chi connectivity index (χ0n) is 21.1. The number of rotatable bonds is 7. The summed E-state index contributed by atoms with van der Waals surface area (Å²) < 4.78 is 6.85. The fraction of sp³-hybridized carbons (Fsp3) is 0.0625. The van der Waals surface area contributed by atoms with Gasteiger partial charge >= 0.3 is 5.97 Å². The number of hydrogen-bond acceptors (Lipinski definition) is 4. The number of esters is 1. The fourth-order valence-electron chi connectivity index (χ4n) is 4.25. The number of nitrogens with zero attached hydrogens (tertiary/aromatic N) is 2. The minimum absolute atomic E-state index is 0.366. The van der Waals surface area contributed by atoms with Crippen molar-refractivity contribution in [1.82, 2.24) is 9.55 Å². The standard InChI is InChI=1S/C32H25Cl2N3O2/c1-39-32(38)24-12-7-22(8-13-24)19-37-20-30(28-15-14-26(33)18-29(28)34)36-31(37)16-9-21-5-10-23(11-6-21)25-3-2-4-27(35)17-25/h2-18,20H,19,35H2,1H3. The van der Waals surface area contributed by atoms with E-state index >= 15 is 0 Å². The number of halogens is 2. The van der Waals surface area contributed by atoms with Crippen molar-refractivity contribution in [3.8, 4) is 22.4 Å². The molecule has 39 heavy (non-hydrogen) atoms. The predicted molar refractivity (Wildman–Crippen MR) is 160 cm³/mol. The van der Waals surface area contributed by atoms with Gasteiger partial charge in [0.1, 0.15) is 5.82 Å². The van der Waals surface area contributed by atoms with Gasteiger partial charge in [-0.2, -0.15) is 0 Å². The van der Waals surface area contributed by atoms with Crippen LogP contribution >= 0.6 is 23.2 Å². The van der Waals surface area contributed by atoms with Crippen LogP contribution in [0.15, 0.2) is 97.2 Å². The maximum Gasteiger partial charge on any atom is 0.337 e. The average molecular weight is 554 g/mol. The summed E-state index contributed by atoms with van der Waals surface area (Å²) in [5.41, 5.74) is 12.9. The number of hydrogen-bond donors (Lipinski definition) is 1. The Labute approximate surface area is 237 Å². The van der Waals surface area contributed by atoms with Gasteiger partial charge < -0.3 is 15.0 Å². The molecular formula is C32H25Cl2N3O2. The second-order valence-electron chi connectivity index (χ2n) is 9.01. The van der Waals surface area contributed by atoms with E-state index in [9.17, 15) is 4.79 Å². The molecule has 5 nitrogen and oxygen atoms in total. The van der Waals surface area contributed by atoms with Crippen LogP contribution < -0.4 is 5.73 Å². The molecule has 0 amide bonds. The summed E-state index contributed by atoms with van der Waals surface area (Å²) in [6.45, 7) is 0.549. The molecule has 5 aromatic rings. The van der Waals surface area contributed by atoms with Crippen LogP contribution in [-0.4, -0.2) is 22.6 Å². The van der Waals surface area contributed by atoms with Crippen molar-refractivity contribution in [3.05, 3.63) is 130 Å². The zero-order valence-corrected chi connectivity index (χ0v) is 22.7. The Bertz CT molecular complexity index is 1660. The number of imidazole rings is 1. The fourth-order valence-corrected chi connectivity index (χ4v) is 4.76. The van der Waals surface area contributed by atoms with Gasteiger partial charge in [-0.3, -0.25) is 0 Å². The van der Waals surface area contributed by atoms with Gasteiger partial charge in [-0.1, -0.05) is 77.8 Å². The molecule has 0 fully saturated rings. The summed E-state index contributed by atoms with van der Waals surface area (Å²) in [7, 11) is 1.37. The van der Waals surface area contributed by atoms with Crippen molar-refractivity contribution in [2.45, 2.75) is 6.54 Å². The van der Waals surface area contributed by atoms with Crippen molar-refractivity contribution in [2.24, 2.45) is 0 Å². The van der Waals surface area contributed by atoms with Crippen LogP contribution in [0.25, 0.3) is 34.5 Å². The van der Waals surface area contributed by atoms with Gasteiger partial charge in [-0.05, 0) is 70.8 Å². The molecule has 0 saturated carbocycles. The van der Waals surface area contributed by atoms with Crippen molar-refractivity contribution in [1.29, 1.82) is 0 Å². The quantitative estimate of drug-likeness (QED) is 0.163. The summed E-state index contributed by atoms with van der Waals surface area (Å²) in [5.74, 6) is 0.391. The lowest BCUT2D eigenvalue weighted by Crippen LogP contribution is -2.03. The minimum Gasteiger partial charge on any atom is -0.465 e. The molecule has 0 unspecified atom stereocenters. The molecule has 7 heteroatoms. The number of aromatic nitrogens is 2. The lowest BCUT2D eigenvalue weighted by Gasteiger charge is -2.07. The molecule has 1 heterocycles. The summed E-state index contributed by atoms with van der Waals surface area (Å²) in [6, 6.07) is 28.8. The Morgan fingerprint density at radius 2 is 1.69 bits per heavy atom. The Hall–Kier alpha value is -4.32. The van der Waals surface area contributed by atoms with Crippen molar-refractivity contribution in [3.63, 3.8) is 0 Å². The van der Waals surface area contributed by atoms with E-state index in [0.29, 0.717) is 22.2 Å². The summed E-state index contributed by atoms with van der Waals surface area (Å²) in [6.07, 6.45) is 5.97. The first kappa shape index (κ1) is 26.3. The van der Waals surface area contributed by atoms with Crippen LogP contribution in [0.3, 0.4) is 0 Å². The maximum atomic E-state index is 11.8. The molecular weight excluding hydrogens is 529 g/mol. The highest BCUT2D eigenvalue weighted by Gasteiger charge is 2.13. The molecule has 194 valence electrons. The van der Waals surface area contributed by atoms with Gasteiger partial charge in [0.15, 0.2) is 0 Å². The van der Waals surface area contributed by atoms with Gasteiger partial charge in [0.25, 0.3) is 0 Å². The normalized spacial score (nSPS) is 11.2. The van der Waals surface area contributed by atoms with E-state index in [1.54, 1.807) is 24.3 Å². The molecule has 0 saturated heterocycles. The number of benzene rings is 4. The van der Waals surface area contributed by atoms with E-state index in [2.05, 4.69) is 24.3 Å². The lowest BCUT2D eigenvalue weighted by atomic mass is 10.0. The molecule has 0 bridgehead atoms. The van der Waals surface area contributed by atoms with E-state index in [-0.39, 0.29) is 5.97 Å². The molecule has 2 N–H and O–H groups in total. The second-order valence-corrected chi connectivity index (χ2v) is 9.85. The number of nitrogens with two attached hydrogens (primary N) is 1. The minimum atomic E-state index is -0.366. The van der Waals surface area contributed by atoms with Crippen LogP contribution in [0.4, 0.5) is 5.69 Å². The van der Waals surface area contributed by atoms with Gasteiger partial charge in [-0.15, -0.1) is 0 Å². The molecule has 0 aliphatic rings. The highest BCUT2D eigenvalue weighted by Crippen LogP contribution is 2.30. The molecule has 0 aliphatic carbocycles. The van der Waals surface area contributed by atoms with Gasteiger partial charge in [-0.25, -0.2) is 9.78 Å². The topological polar surface area (TPSA) is 70.1 Å². The Kier molecular flexibility index (Phi) is 7.82. The van der Waals surface area contributed by atoms with Crippen LogP contribution in [0, 0.1) is 0 Å². The Morgan fingerprint density at radius 1 is 0.923 bits per heavy atom. The first-order valence-corrected chi connectivity index (χ1v) is 13.0. The SMILES string of the molecule is COC(=O)c1ccc(Cn2cc(-c3ccc(Cl)cc3Cl)nc2C=Cc2ccc(-c3cccc(N)c3)cc2)cc1. The number of anilines is 1. The molecule has 5 rings (SSSR count). The van der Waals surface area contributed by atoms with E-state index in [4.69, 9.17) is 38.7 Å². The number of carbonyl (C=O) groups excluding carboxylic acids is 1. The molecule has 4 aromatic carbocycles. The number of nitrogen functional groups attached to an aromatic ring is 1. The van der Waals surface area contributed by atoms with Gasteiger partial charge in [0.05, 0.1) is 23.4 Å². The second kappa shape index (κ2) is 11.6. The van der Waals surface area contributed by atoms with Crippen LogP contribution in [-0.2, 0) is 11.3 Å². The third-order valence-electron chi connectivity index (χ3n) is 6.30. The van der Waals surface area contributed by atoms with Crippen molar-refractivity contribution >= 4 is 47.0 Å².